The Kier molecular flexibility index (Phi) is 5.34. The van der Waals surface area contributed by atoms with Gasteiger partial charge in [0, 0.05) is 26.6 Å². The fourth-order valence-corrected chi connectivity index (χ4v) is 4.12. The highest BCUT2D eigenvalue weighted by Crippen LogP contribution is 2.36. The van der Waals surface area contributed by atoms with Crippen LogP contribution in [-0.2, 0) is 4.79 Å². The summed E-state index contributed by atoms with van der Waals surface area (Å²) in [6.45, 7) is 16.7. The molecule has 1 unspecified atom stereocenters. The van der Waals surface area contributed by atoms with Gasteiger partial charge in [-0.05, 0) is 55.5 Å². The topological polar surface area (TPSA) is 23.6 Å². The average Bonchev–Trinajstić information content (AvgIpc) is 2.41. The minimum absolute atomic E-state index is 0.235. The molecule has 0 saturated carbocycles. The molecule has 1 amide bonds. The van der Waals surface area contributed by atoms with Gasteiger partial charge in [0.05, 0.1) is 0 Å². The van der Waals surface area contributed by atoms with Crippen molar-refractivity contribution in [1.82, 2.24) is 9.80 Å². The van der Waals surface area contributed by atoms with E-state index in [1.165, 1.54) is 32.5 Å². The molecule has 2 saturated heterocycles. The van der Waals surface area contributed by atoms with Gasteiger partial charge in [0.25, 0.3) is 0 Å². The zero-order valence-corrected chi connectivity index (χ0v) is 14.7. The molecular weight excluding hydrogens is 260 g/mol. The zero-order valence-electron chi connectivity index (χ0n) is 14.7. The highest BCUT2D eigenvalue weighted by atomic mass is 16.2. The lowest BCUT2D eigenvalue weighted by atomic mass is 9.73. The first-order valence-electron chi connectivity index (χ1n) is 8.77. The fourth-order valence-electron chi connectivity index (χ4n) is 4.12. The lowest BCUT2D eigenvalue weighted by molar-refractivity contribution is -0.133. The van der Waals surface area contributed by atoms with E-state index >= 15 is 0 Å². The van der Waals surface area contributed by atoms with Gasteiger partial charge in [-0.1, -0.05) is 27.7 Å². The molecule has 0 bridgehead atoms. The van der Waals surface area contributed by atoms with Gasteiger partial charge in [-0.15, -0.1) is 0 Å². The molecule has 0 aliphatic carbocycles. The van der Waals surface area contributed by atoms with E-state index in [9.17, 15) is 4.79 Å². The molecule has 122 valence electrons. The Balaban J connectivity index is 1.85. The normalized spacial score (nSPS) is 28.1. The quantitative estimate of drug-likeness (QED) is 0.798. The molecule has 0 radical (unpaired) electrons. The standard InChI is InChI=1S/C18H34N2O/c1-14(2)16-6-9-19(10-7-16)12-17-8-11-20(15(3)21)13-18(17,4)5/h14,16-17H,6-13H2,1-5H3. The number of amides is 1. The number of piperidine rings is 2. The van der Waals surface area contributed by atoms with Crippen molar-refractivity contribution in [1.29, 1.82) is 0 Å². The van der Waals surface area contributed by atoms with E-state index in [0.717, 1.165) is 37.3 Å². The van der Waals surface area contributed by atoms with E-state index in [1.54, 1.807) is 6.92 Å². The first kappa shape index (κ1) is 16.8. The van der Waals surface area contributed by atoms with Crippen LogP contribution in [0.1, 0.15) is 53.9 Å². The Hall–Kier alpha value is -0.570. The van der Waals surface area contributed by atoms with Gasteiger partial charge < -0.3 is 9.80 Å². The second kappa shape index (κ2) is 6.68. The van der Waals surface area contributed by atoms with Crippen LogP contribution in [0.5, 0.6) is 0 Å². The predicted octanol–water partition coefficient (Wildman–Crippen LogP) is 3.25. The van der Waals surface area contributed by atoms with Crippen LogP contribution in [-0.4, -0.2) is 48.4 Å². The lowest BCUT2D eigenvalue weighted by Gasteiger charge is -2.46. The van der Waals surface area contributed by atoms with E-state index in [2.05, 4.69) is 32.6 Å². The van der Waals surface area contributed by atoms with E-state index < -0.39 is 0 Å². The van der Waals surface area contributed by atoms with Crippen molar-refractivity contribution in [3.63, 3.8) is 0 Å². The van der Waals surface area contributed by atoms with Crippen LogP contribution in [0, 0.1) is 23.2 Å². The number of nitrogens with zero attached hydrogens (tertiary/aromatic N) is 2. The molecule has 0 N–H and O–H groups in total. The maximum atomic E-state index is 11.6. The third-order valence-electron chi connectivity index (χ3n) is 5.95. The van der Waals surface area contributed by atoms with E-state index in [-0.39, 0.29) is 11.3 Å². The van der Waals surface area contributed by atoms with Crippen LogP contribution in [0.4, 0.5) is 0 Å². The van der Waals surface area contributed by atoms with Crippen LogP contribution in [0.2, 0.25) is 0 Å². The summed E-state index contributed by atoms with van der Waals surface area (Å²) in [6, 6.07) is 0. The second-order valence-corrected chi connectivity index (χ2v) is 8.30. The minimum atomic E-state index is 0.235. The van der Waals surface area contributed by atoms with Gasteiger partial charge in [-0.3, -0.25) is 4.79 Å². The number of hydrogen-bond acceptors (Lipinski definition) is 2. The van der Waals surface area contributed by atoms with Gasteiger partial charge in [-0.2, -0.15) is 0 Å². The number of likely N-dealkylation sites (tertiary alicyclic amines) is 2. The number of carbonyl (C=O) groups is 1. The maximum Gasteiger partial charge on any atom is 0.219 e. The summed E-state index contributed by atoms with van der Waals surface area (Å²) < 4.78 is 0. The van der Waals surface area contributed by atoms with Crippen LogP contribution in [0.25, 0.3) is 0 Å². The zero-order chi connectivity index (χ0) is 15.6. The predicted molar refractivity (Wildman–Crippen MR) is 88.1 cm³/mol. The van der Waals surface area contributed by atoms with E-state index in [0.29, 0.717) is 0 Å². The maximum absolute atomic E-state index is 11.6. The van der Waals surface area contributed by atoms with Crippen molar-refractivity contribution in [2.24, 2.45) is 23.2 Å². The Morgan fingerprint density at radius 2 is 1.76 bits per heavy atom. The summed E-state index contributed by atoms with van der Waals surface area (Å²) >= 11 is 0. The monoisotopic (exact) mass is 294 g/mol. The molecule has 2 aliphatic heterocycles. The van der Waals surface area contributed by atoms with Gasteiger partial charge in [0.15, 0.2) is 0 Å². The summed E-state index contributed by atoms with van der Waals surface area (Å²) in [5.74, 6) is 2.72. The average molecular weight is 294 g/mol. The second-order valence-electron chi connectivity index (χ2n) is 8.30. The van der Waals surface area contributed by atoms with Crippen LogP contribution in [0.15, 0.2) is 0 Å². The van der Waals surface area contributed by atoms with Crippen molar-refractivity contribution >= 4 is 5.91 Å². The van der Waals surface area contributed by atoms with E-state index in [4.69, 9.17) is 0 Å². The molecule has 2 heterocycles. The number of hydrogen-bond donors (Lipinski definition) is 0. The fraction of sp³-hybridized carbons (Fsp3) is 0.944. The van der Waals surface area contributed by atoms with Crippen molar-refractivity contribution in [3.8, 4) is 0 Å². The van der Waals surface area contributed by atoms with Crippen molar-refractivity contribution in [2.45, 2.75) is 53.9 Å². The molecule has 0 aromatic carbocycles. The van der Waals surface area contributed by atoms with Gasteiger partial charge >= 0.3 is 0 Å². The van der Waals surface area contributed by atoms with Gasteiger partial charge in [0.1, 0.15) is 0 Å². The minimum Gasteiger partial charge on any atom is -0.342 e. The Labute approximate surface area is 131 Å². The highest BCUT2D eigenvalue weighted by Gasteiger charge is 2.37. The molecule has 0 aromatic heterocycles. The van der Waals surface area contributed by atoms with Crippen LogP contribution >= 0.6 is 0 Å². The molecule has 3 heteroatoms. The first-order chi connectivity index (χ1) is 9.79. The largest absolute Gasteiger partial charge is 0.342 e. The van der Waals surface area contributed by atoms with E-state index in [1.807, 2.05) is 4.90 Å². The molecular formula is C18H34N2O. The third-order valence-corrected chi connectivity index (χ3v) is 5.95. The van der Waals surface area contributed by atoms with Gasteiger partial charge in [0.2, 0.25) is 5.91 Å². The summed E-state index contributed by atoms with van der Waals surface area (Å²) in [5.41, 5.74) is 0.249. The molecule has 2 aliphatic rings. The molecule has 2 rings (SSSR count). The van der Waals surface area contributed by atoms with Crippen molar-refractivity contribution in [2.75, 3.05) is 32.7 Å². The molecule has 3 nitrogen and oxygen atoms in total. The molecule has 2 fully saturated rings. The molecule has 1 atom stereocenters. The Morgan fingerprint density at radius 3 is 2.24 bits per heavy atom. The third kappa shape index (κ3) is 4.21. The van der Waals surface area contributed by atoms with Crippen molar-refractivity contribution in [3.05, 3.63) is 0 Å². The SMILES string of the molecule is CC(=O)N1CCC(CN2CCC(C(C)C)CC2)C(C)(C)C1. The lowest BCUT2D eigenvalue weighted by Crippen LogP contribution is -2.51. The smallest absolute Gasteiger partial charge is 0.219 e. The van der Waals surface area contributed by atoms with Crippen LogP contribution in [0.3, 0.4) is 0 Å². The molecule has 0 spiro atoms. The highest BCUT2D eigenvalue weighted by molar-refractivity contribution is 5.73. The summed E-state index contributed by atoms with van der Waals surface area (Å²) in [7, 11) is 0. The van der Waals surface area contributed by atoms with Crippen molar-refractivity contribution < 1.29 is 4.79 Å². The Bertz CT molecular complexity index is 356. The first-order valence-corrected chi connectivity index (χ1v) is 8.77. The van der Waals surface area contributed by atoms with Gasteiger partial charge in [-0.25, -0.2) is 0 Å². The summed E-state index contributed by atoms with van der Waals surface area (Å²) in [4.78, 5) is 16.3. The number of carbonyl (C=O) groups excluding carboxylic acids is 1. The molecule has 0 aromatic rings. The summed E-state index contributed by atoms with van der Waals surface area (Å²) in [5, 5.41) is 0. The van der Waals surface area contributed by atoms with Crippen LogP contribution < -0.4 is 0 Å². The Morgan fingerprint density at radius 1 is 1.14 bits per heavy atom. The summed E-state index contributed by atoms with van der Waals surface area (Å²) in [6.07, 6.45) is 3.89. The molecule has 21 heavy (non-hydrogen) atoms. The number of rotatable bonds is 3.